The molecule has 2 aromatic carbocycles. The van der Waals surface area contributed by atoms with E-state index in [0.29, 0.717) is 24.6 Å². The minimum atomic E-state index is -0.194. The second-order valence-electron chi connectivity index (χ2n) is 5.97. The fourth-order valence-electron chi connectivity index (χ4n) is 2.55. The molecule has 0 aliphatic heterocycles. The molecule has 132 valence electrons. The summed E-state index contributed by atoms with van der Waals surface area (Å²) in [5.41, 5.74) is 2.76. The predicted molar refractivity (Wildman–Crippen MR) is 103 cm³/mol. The number of rotatable bonds is 8. The lowest BCUT2D eigenvalue weighted by molar-refractivity contribution is 0.0948. The molecule has 3 aromatic rings. The number of aromatic nitrogens is 2. The molecule has 1 amide bonds. The van der Waals surface area contributed by atoms with Gasteiger partial charge in [-0.15, -0.1) is 0 Å². The summed E-state index contributed by atoms with van der Waals surface area (Å²) in [5.74, 6) is 0.453. The second-order valence-corrected chi connectivity index (χ2v) is 5.97. The Morgan fingerprint density at radius 3 is 2.19 bits per heavy atom. The summed E-state index contributed by atoms with van der Waals surface area (Å²) in [6.45, 7) is 1.28. The lowest BCUT2D eigenvalue weighted by Crippen LogP contribution is -2.25. The molecule has 0 unspecified atom stereocenters. The van der Waals surface area contributed by atoms with Crippen molar-refractivity contribution in [3.8, 4) is 0 Å². The standard InChI is InChI=1S/C21H22N4O/c26-21(22-13-7-12-17-8-3-1-4-9-17)19-15-25-20(16-23-19)24-14-18-10-5-2-6-11-18/h1-6,8-11,15-16H,7,12-14H2,(H,22,26)(H,24,25). The lowest BCUT2D eigenvalue weighted by Gasteiger charge is -2.07. The van der Waals surface area contributed by atoms with Gasteiger partial charge in [0.1, 0.15) is 11.5 Å². The normalized spacial score (nSPS) is 10.3. The third kappa shape index (κ3) is 5.41. The van der Waals surface area contributed by atoms with E-state index >= 15 is 0 Å². The smallest absolute Gasteiger partial charge is 0.271 e. The monoisotopic (exact) mass is 346 g/mol. The van der Waals surface area contributed by atoms with Crippen LogP contribution in [0.4, 0.5) is 5.82 Å². The van der Waals surface area contributed by atoms with Gasteiger partial charge in [-0.05, 0) is 24.0 Å². The van der Waals surface area contributed by atoms with E-state index < -0.39 is 0 Å². The summed E-state index contributed by atoms with van der Waals surface area (Å²) < 4.78 is 0. The Bertz CT molecular complexity index is 804. The fourth-order valence-corrected chi connectivity index (χ4v) is 2.55. The first kappa shape index (κ1) is 17.6. The van der Waals surface area contributed by atoms with Gasteiger partial charge < -0.3 is 10.6 Å². The molecule has 0 fully saturated rings. The van der Waals surface area contributed by atoms with Crippen LogP contribution in [-0.2, 0) is 13.0 Å². The highest BCUT2D eigenvalue weighted by atomic mass is 16.1. The molecule has 0 aliphatic rings. The van der Waals surface area contributed by atoms with Crippen LogP contribution in [0.15, 0.2) is 73.1 Å². The van der Waals surface area contributed by atoms with Crippen molar-refractivity contribution in [3.63, 3.8) is 0 Å². The summed E-state index contributed by atoms with van der Waals surface area (Å²) >= 11 is 0. The summed E-state index contributed by atoms with van der Waals surface area (Å²) in [5, 5.41) is 6.08. The molecule has 0 saturated heterocycles. The van der Waals surface area contributed by atoms with Crippen molar-refractivity contribution in [3.05, 3.63) is 89.9 Å². The summed E-state index contributed by atoms with van der Waals surface area (Å²) in [4.78, 5) is 20.6. The molecule has 26 heavy (non-hydrogen) atoms. The zero-order chi connectivity index (χ0) is 18.0. The molecule has 5 nitrogen and oxygen atoms in total. The number of carbonyl (C=O) groups excluding carboxylic acids is 1. The number of hydrogen-bond donors (Lipinski definition) is 2. The van der Waals surface area contributed by atoms with E-state index in [0.717, 1.165) is 18.4 Å². The van der Waals surface area contributed by atoms with E-state index in [1.165, 1.54) is 11.8 Å². The SMILES string of the molecule is O=C(NCCCc1ccccc1)c1cnc(NCc2ccccc2)cn1. The molecule has 0 bridgehead atoms. The van der Waals surface area contributed by atoms with E-state index in [1.54, 1.807) is 6.20 Å². The van der Waals surface area contributed by atoms with Gasteiger partial charge in [0.05, 0.1) is 12.4 Å². The van der Waals surface area contributed by atoms with Gasteiger partial charge in [0.2, 0.25) is 0 Å². The first-order valence-corrected chi connectivity index (χ1v) is 8.73. The number of benzene rings is 2. The molecule has 2 N–H and O–H groups in total. The second kappa shape index (κ2) is 9.32. The number of aryl methyl sites for hydroxylation is 1. The van der Waals surface area contributed by atoms with Crippen LogP contribution in [0, 0.1) is 0 Å². The number of carbonyl (C=O) groups is 1. The van der Waals surface area contributed by atoms with Crippen molar-refractivity contribution >= 4 is 11.7 Å². The van der Waals surface area contributed by atoms with Crippen molar-refractivity contribution in [2.75, 3.05) is 11.9 Å². The number of nitrogens with one attached hydrogen (secondary N) is 2. The first-order valence-electron chi connectivity index (χ1n) is 8.73. The zero-order valence-electron chi connectivity index (χ0n) is 14.6. The predicted octanol–water partition coefficient (Wildman–Crippen LogP) is 3.45. The highest BCUT2D eigenvalue weighted by Crippen LogP contribution is 2.06. The average molecular weight is 346 g/mol. The Hall–Kier alpha value is -3.21. The van der Waals surface area contributed by atoms with Crippen LogP contribution in [0.25, 0.3) is 0 Å². The fraction of sp³-hybridized carbons (Fsp3) is 0.190. The van der Waals surface area contributed by atoms with Gasteiger partial charge in [-0.1, -0.05) is 60.7 Å². The molecular weight excluding hydrogens is 324 g/mol. The molecule has 1 aromatic heterocycles. The largest absolute Gasteiger partial charge is 0.365 e. The van der Waals surface area contributed by atoms with Gasteiger partial charge >= 0.3 is 0 Å². The van der Waals surface area contributed by atoms with Crippen molar-refractivity contribution in [1.82, 2.24) is 15.3 Å². The summed E-state index contributed by atoms with van der Waals surface area (Å²) in [7, 11) is 0. The van der Waals surface area contributed by atoms with Crippen LogP contribution in [0.3, 0.4) is 0 Å². The minimum Gasteiger partial charge on any atom is -0.365 e. The number of anilines is 1. The number of amides is 1. The van der Waals surface area contributed by atoms with Crippen molar-refractivity contribution in [2.45, 2.75) is 19.4 Å². The molecule has 0 spiro atoms. The maximum Gasteiger partial charge on any atom is 0.271 e. The molecular formula is C21H22N4O. The Balaban J connectivity index is 1.41. The van der Waals surface area contributed by atoms with Crippen molar-refractivity contribution in [1.29, 1.82) is 0 Å². The van der Waals surface area contributed by atoms with Gasteiger partial charge in [0.15, 0.2) is 0 Å². The Morgan fingerprint density at radius 2 is 1.54 bits per heavy atom. The Kier molecular flexibility index (Phi) is 6.31. The highest BCUT2D eigenvalue weighted by molar-refractivity contribution is 5.91. The molecule has 0 saturated carbocycles. The van der Waals surface area contributed by atoms with Crippen LogP contribution >= 0.6 is 0 Å². The van der Waals surface area contributed by atoms with Gasteiger partial charge in [-0.3, -0.25) is 4.79 Å². The molecule has 0 atom stereocenters. The van der Waals surface area contributed by atoms with Crippen LogP contribution in [-0.4, -0.2) is 22.4 Å². The molecule has 1 heterocycles. The van der Waals surface area contributed by atoms with Crippen molar-refractivity contribution in [2.24, 2.45) is 0 Å². The topological polar surface area (TPSA) is 66.9 Å². The zero-order valence-corrected chi connectivity index (χ0v) is 14.6. The summed E-state index contributed by atoms with van der Waals surface area (Å²) in [6.07, 6.45) is 4.91. The van der Waals surface area contributed by atoms with E-state index in [2.05, 4.69) is 32.7 Å². The third-order valence-corrected chi connectivity index (χ3v) is 3.97. The average Bonchev–Trinajstić information content (AvgIpc) is 2.71. The maximum atomic E-state index is 12.1. The van der Waals surface area contributed by atoms with E-state index in [1.807, 2.05) is 48.5 Å². The van der Waals surface area contributed by atoms with Crippen LogP contribution in [0.1, 0.15) is 28.0 Å². The Morgan fingerprint density at radius 1 is 0.846 bits per heavy atom. The molecule has 3 rings (SSSR count). The van der Waals surface area contributed by atoms with E-state index in [9.17, 15) is 4.79 Å². The van der Waals surface area contributed by atoms with Gasteiger partial charge in [-0.2, -0.15) is 0 Å². The molecule has 5 heteroatoms. The summed E-state index contributed by atoms with van der Waals surface area (Å²) in [6, 6.07) is 20.3. The van der Waals surface area contributed by atoms with Crippen LogP contribution in [0.5, 0.6) is 0 Å². The van der Waals surface area contributed by atoms with Gasteiger partial charge in [0, 0.05) is 13.1 Å². The Labute approximate surface area is 153 Å². The van der Waals surface area contributed by atoms with Crippen LogP contribution in [0.2, 0.25) is 0 Å². The lowest BCUT2D eigenvalue weighted by atomic mass is 10.1. The first-order chi connectivity index (χ1) is 12.8. The van der Waals surface area contributed by atoms with E-state index in [4.69, 9.17) is 0 Å². The van der Waals surface area contributed by atoms with Crippen LogP contribution < -0.4 is 10.6 Å². The number of hydrogen-bond acceptors (Lipinski definition) is 4. The quantitative estimate of drug-likeness (QED) is 0.613. The number of nitrogens with zero attached hydrogens (tertiary/aromatic N) is 2. The van der Waals surface area contributed by atoms with Gasteiger partial charge in [0.25, 0.3) is 5.91 Å². The molecule has 0 radical (unpaired) electrons. The highest BCUT2D eigenvalue weighted by Gasteiger charge is 2.07. The minimum absolute atomic E-state index is 0.194. The van der Waals surface area contributed by atoms with Gasteiger partial charge in [-0.25, -0.2) is 9.97 Å². The molecule has 0 aliphatic carbocycles. The van der Waals surface area contributed by atoms with Crippen molar-refractivity contribution < 1.29 is 4.79 Å². The maximum absolute atomic E-state index is 12.1. The third-order valence-electron chi connectivity index (χ3n) is 3.97. The van der Waals surface area contributed by atoms with E-state index in [-0.39, 0.29) is 5.91 Å².